The van der Waals surface area contributed by atoms with Crippen LogP contribution in [0.5, 0.6) is 5.75 Å². The summed E-state index contributed by atoms with van der Waals surface area (Å²) in [7, 11) is 1.53. The van der Waals surface area contributed by atoms with Crippen LogP contribution in [0.2, 0.25) is 0 Å². The number of nitrogens with zero attached hydrogens (tertiary/aromatic N) is 3. The topological polar surface area (TPSA) is 77.9 Å². The van der Waals surface area contributed by atoms with Gasteiger partial charge in [0.25, 0.3) is 5.91 Å². The summed E-state index contributed by atoms with van der Waals surface area (Å²) in [6, 6.07) is 10.7. The number of nitrogens with one attached hydrogen (secondary N) is 1. The van der Waals surface area contributed by atoms with Gasteiger partial charge in [0.05, 0.1) is 18.4 Å². The van der Waals surface area contributed by atoms with E-state index < -0.39 is 5.60 Å². The molecule has 5 aliphatic rings. The van der Waals surface area contributed by atoms with E-state index in [1.165, 1.54) is 13.2 Å². The fraction of sp³-hybridized carbons (Fsp3) is 0.571. The molecule has 8 heteroatoms. The number of methoxy groups -OCH3 is 1. The van der Waals surface area contributed by atoms with Crippen molar-refractivity contribution in [3.05, 3.63) is 47.9 Å². The Hall–Kier alpha value is -2.87. The molecule has 2 heterocycles. The minimum atomic E-state index is -0.509. The summed E-state index contributed by atoms with van der Waals surface area (Å²) in [6.45, 7) is 2.89. The molecule has 1 saturated heterocycles. The first-order valence-corrected chi connectivity index (χ1v) is 13.2. The minimum absolute atomic E-state index is 0.127. The van der Waals surface area contributed by atoms with E-state index in [0.29, 0.717) is 48.0 Å². The number of benzene rings is 1. The quantitative estimate of drug-likeness (QED) is 0.661. The molecule has 7 rings (SSSR count). The molecule has 5 fully saturated rings. The smallest absolute Gasteiger partial charge is 0.270 e. The maximum absolute atomic E-state index is 14.6. The molecule has 4 bridgehead atoms. The number of anilines is 2. The van der Waals surface area contributed by atoms with Gasteiger partial charge in [0.15, 0.2) is 0 Å². The molecule has 1 aromatic heterocycles. The van der Waals surface area contributed by atoms with Gasteiger partial charge in [0, 0.05) is 38.3 Å². The second-order valence-corrected chi connectivity index (χ2v) is 11.2. The lowest BCUT2D eigenvalue weighted by Crippen LogP contribution is -2.61. The zero-order valence-corrected chi connectivity index (χ0v) is 20.8. The molecule has 0 spiro atoms. The number of amides is 1. The summed E-state index contributed by atoms with van der Waals surface area (Å²) in [6.07, 6.45) is 5.61. The van der Waals surface area contributed by atoms with Gasteiger partial charge in [-0.3, -0.25) is 4.79 Å². The molecule has 2 atom stereocenters. The van der Waals surface area contributed by atoms with Crippen molar-refractivity contribution < 1.29 is 19.0 Å². The Labute approximate surface area is 211 Å². The zero-order valence-electron chi connectivity index (χ0n) is 20.8. The summed E-state index contributed by atoms with van der Waals surface area (Å²) in [5.74, 6) is 2.22. The second-order valence-electron chi connectivity index (χ2n) is 11.2. The maximum Gasteiger partial charge on any atom is 0.270 e. The average molecular weight is 495 g/mol. The minimum Gasteiger partial charge on any atom is -0.497 e. The van der Waals surface area contributed by atoms with E-state index in [4.69, 9.17) is 9.72 Å². The molecule has 1 aliphatic heterocycles. The van der Waals surface area contributed by atoms with Crippen molar-refractivity contribution in [2.45, 2.75) is 50.2 Å². The molecule has 1 amide bonds. The third kappa shape index (κ3) is 4.40. The van der Waals surface area contributed by atoms with Gasteiger partial charge >= 0.3 is 0 Å². The number of aromatic nitrogens is 1. The Morgan fingerprint density at radius 3 is 2.56 bits per heavy atom. The summed E-state index contributed by atoms with van der Waals surface area (Å²) >= 11 is 0. The first-order chi connectivity index (χ1) is 17.4. The number of carbonyl (C=O) groups excluding carboxylic acids is 1. The molecule has 7 nitrogen and oxygen atoms in total. The molecule has 36 heavy (non-hydrogen) atoms. The van der Waals surface area contributed by atoms with Crippen LogP contribution in [0.15, 0.2) is 36.4 Å². The predicted octanol–water partition coefficient (Wildman–Crippen LogP) is 3.62. The standard InChI is InChI=1S/C28H35FN4O3/c1-36-21-6-7-24(22(29)14-21)32-8-3-9-33(11-10-32)25-5-2-4-23(30-25)27(34)31-26-19-12-18-13-20(26)17-28(35,15-18)16-19/h2,4-7,14,18-20,26,35H,3,8-13,15-17H2,1H3,(H,31,34). The van der Waals surface area contributed by atoms with Crippen LogP contribution in [-0.4, -0.2) is 60.9 Å². The number of pyridine rings is 1. The molecule has 4 aliphatic carbocycles. The second kappa shape index (κ2) is 9.21. The van der Waals surface area contributed by atoms with E-state index in [1.807, 2.05) is 12.1 Å². The zero-order chi connectivity index (χ0) is 24.9. The number of ether oxygens (including phenoxy) is 1. The lowest BCUT2D eigenvalue weighted by Gasteiger charge is -2.58. The van der Waals surface area contributed by atoms with Gasteiger partial charge in [-0.05, 0) is 80.5 Å². The lowest BCUT2D eigenvalue weighted by atomic mass is 9.52. The number of hydrogen-bond acceptors (Lipinski definition) is 6. The first kappa shape index (κ1) is 23.5. The molecule has 2 unspecified atom stereocenters. The molecule has 0 radical (unpaired) electrons. The van der Waals surface area contributed by atoms with Crippen LogP contribution >= 0.6 is 0 Å². The van der Waals surface area contributed by atoms with Gasteiger partial charge in [-0.25, -0.2) is 9.37 Å². The van der Waals surface area contributed by atoms with Gasteiger partial charge in [-0.1, -0.05) is 6.07 Å². The Morgan fingerprint density at radius 2 is 1.83 bits per heavy atom. The van der Waals surface area contributed by atoms with Crippen molar-refractivity contribution in [1.82, 2.24) is 10.3 Å². The fourth-order valence-corrected chi connectivity index (χ4v) is 7.43. The van der Waals surface area contributed by atoms with E-state index in [-0.39, 0.29) is 17.8 Å². The van der Waals surface area contributed by atoms with Crippen molar-refractivity contribution in [3.8, 4) is 5.75 Å². The summed E-state index contributed by atoms with van der Waals surface area (Å²) in [5.41, 5.74) is 0.507. The van der Waals surface area contributed by atoms with Crippen molar-refractivity contribution in [2.24, 2.45) is 17.8 Å². The van der Waals surface area contributed by atoms with Gasteiger partial charge < -0.3 is 25.0 Å². The Balaban J connectivity index is 1.12. The molecule has 2 N–H and O–H groups in total. The van der Waals surface area contributed by atoms with Crippen LogP contribution in [-0.2, 0) is 0 Å². The molecule has 192 valence electrons. The van der Waals surface area contributed by atoms with Crippen LogP contribution in [0.1, 0.15) is 49.0 Å². The fourth-order valence-electron chi connectivity index (χ4n) is 7.43. The highest BCUT2D eigenvalue weighted by molar-refractivity contribution is 5.93. The molecular formula is C28H35FN4O3. The van der Waals surface area contributed by atoms with Gasteiger partial charge in [0.2, 0.25) is 0 Å². The van der Waals surface area contributed by atoms with E-state index >= 15 is 0 Å². The van der Waals surface area contributed by atoms with Crippen LogP contribution < -0.4 is 19.9 Å². The predicted molar refractivity (Wildman–Crippen MR) is 136 cm³/mol. The third-order valence-corrected chi connectivity index (χ3v) is 8.82. The lowest BCUT2D eigenvalue weighted by molar-refractivity contribution is -0.136. The van der Waals surface area contributed by atoms with E-state index in [2.05, 4.69) is 15.1 Å². The molecule has 1 aromatic carbocycles. The first-order valence-electron chi connectivity index (χ1n) is 13.2. The van der Waals surface area contributed by atoms with Crippen molar-refractivity contribution in [1.29, 1.82) is 0 Å². The van der Waals surface area contributed by atoms with E-state index in [9.17, 15) is 14.3 Å². The monoisotopic (exact) mass is 494 g/mol. The number of aliphatic hydroxyl groups is 1. The number of carbonyl (C=O) groups is 1. The highest BCUT2D eigenvalue weighted by atomic mass is 19.1. The van der Waals surface area contributed by atoms with Crippen LogP contribution in [0.25, 0.3) is 0 Å². The molecular weight excluding hydrogens is 459 g/mol. The summed E-state index contributed by atoms with van der Waals surface area (Å²) in [4.78, 5) is 22.2. The molecule has 4 saturated carbocycles. The molecule has 2 aromatic rings. The Bertz CT molecular complexity index is 1130. The Kier molecular flexibility index (Phi) is 6.02. The van der Waals surface area contributed by atoms with Crippen molar-refractivity contribution in [2.75, 3.05) is 43.1 Å². The number of hydrogen-bond donors (Lipinski definition) is 2. The van der Waals surface area contributed by atoms with Crippen LogP contribution in [0, 0.1) is 23.6 Å². The van der Waals surface area contributed by atoms with E-state index in [0.717, 1.165) is 57.4 Å². The third-order valence-electron chi connectivity index (χ3n) is 8.82. The number of rotatable bonds is 5. The normalized spacial score (nSPS) is 31.3. The van der Waals surface area contributed by atoms with Crippen LogP contribution in [0.4, 0.5) is 15.9 Å². The highest BCUT2D eigenvalue weighted by Crippen LogP contribution is 2.55. The number of halogens is 1. The largest absolute Gasteiger partial charge is 0.497 e. The van der Waals surface area contributed by atoms with Gasteiger partial charge in [-0.2, -0.15) is 0 Å². The van der Waals surface area contributed by atoms with Gasteiger partial charge in [0.1, 0.15) is 23.1 Å². The highest BCUT2D eigenvalue weighted by Gasteiger charge is 2.55. The van der Waals surface area contributed by atoms with Crippen molar-refractivity contribution >= 4 is 17.4 Å². The summed E-state index contributed by atoms with van der Waals surface area (Å²) < 4.78 is 19.8. The SMILES string of the molecule is COc1ccc(N2CCCN(c3cccc(C(=O)NC4C5CC6CC4CC(O)(C6)C5)n3)CC2)c(F)c1. The van der Waals surface area contributed by atoms with Crippen molar-refractivity contribution in [3.63, 3.8) is 0 Å². The maximum atomic E-state index is 14.6. The van der Waals surface area contributed by atoms with Gasteiger partial charge in [-0.15, -0.1) is 0 Å². The van der Waals surface area contributed by atoms with E-state index in [1.54, 1.807) is 18.2 Å². The van der Waals surface area contributed by atoms with Crippen LogP contribution in [0.3, 0.4) is 0 Å². The average Bonchev–Trinajstić information content (AvgIpc) is 3.11. The summed E-state index contributed by atoms with van der Waals surface area (Å²) in [5, 5.41) is 14.1. The Morgan fingerprint density at radius 1 is 1.08 bits per heavy atom.